The Labute approximate surface area is 124 Å². The second-order valence-electron chi connectivity index (χ2n) is 5.85. The monoisotopic (exact) mass is 291 g/mol. The van der Waals surface area contributed by atoms with Crippen LogP contribution in [0, 0.1) is 5.41 Å². The quantitative estimate of drug-likeness (QED) is 0.844. The van der Waals surface area contributed by atoms with Crippen molar-refractivity contribution < 1.29 is 19.4 Å². The molecular weight excluding hydrogens is 270 g/mol. The number of rotatable bonds is 6. The molecule has 1 saturated carbocycles. The molecule has 114 valence electrons. The number of ether oxygens (including phenoxy) is 1. The summed E-state index contributed by atoms with van der Waals surface area (Å²) in [6.45, 7) is 3.89. The number of carbonyl (C=O) groups is 2. The molecule has 0 heterocycles. The van der Waals surface area contributed by atoms with Crippen molar-refractivity contribution in [2.75, 3.05) is 5.32 Å². The fraction of sp³-hybridized carbons (Fsp3) is 0.500. The lowest BCUT2D eigenvalue weighted by atomic mass is 9.66. The lowest BCUT2D eigenvalue weighted by Crippen LogP contribution is -2.41. The number of benzene rings is 1. The van der Waals surface area contributed by atoms with Crippen LogP contribution in [0.1, 0.15) is 39.5 Å². The highest BCUT2D eigenvalue weighted by atomic mass is 16.5. The summed E-state index contributed by atoms with van der Waals surface area (Å²) in [7, 11) is 0. The summed E-state index contributed by atoms with van der Waals surface area (Å²) < 4.78 is 5.52. The number of aliphatic carboxylic acids is 1. The van der Waals surface area contributed by atoms with E-state index in [1.807, 2.05) is 13.8 Å². The van der Waals surface area contributed by atoms with Crippen molar-refractivity contribution in [2.45, 2.75) is 45.6 Å². The molecular formula is C16H21NO4. The number of hydrogen-bond donors (Lipinski definition) is 2. The number of carboxylic acids is 1. The SMILES string of the molecule is CC(C)Oc1ccc(NC(=O)CC2(C(=O)O)CCC2)cc1. The van der Waals surface area contributed by atoms with Crippen LogP contribution < -0.4 is 10.1 Å². The van der Waals surface area contributed by atoms with E-state index < -0.39 is 11.4 Å². The van der Waals surface area contributed by atoms with Crippen LogP contribution in [0.4, 0.5) is 5.69 Å². The zero-order chi connectivity index (χ0) is 15.5. The predicted octanol–water partition coefficient (Wildman–Crippen LogP) is 3.06. The highest BCUT2D eigenvalue weighted by Gasteiger charge is 2.45. The van der Waals surface area contributed by atoms with Crippen LogP contribution in [0.25, 0.3) is 0 Å². The largest absolute Gasteiger partial charge is 0.491 e. The van der Waals surface area contributed by atoms with Gasteiger partial charge < -0.3 is 15.2 Å². The maximum Gasteiger partial charge on any atom is 0.310 e. The van der Waals surface area contributed by atoms with Gasteiger partial charge in [0.15, 0.2) is 0 Å². The second-order valence-corrected chi connectivity index (χ2v) is 5.85. The van der Waals surface area contributed by atoms with Gasteiger partial charge in [0.2, 0.25) is 5.91 Å². The lowest BCUT2D eigenvalue weighted by Gasteiger charge is -2.36. The molecule has 0 saturated heterocycles. The first-order valence-corrected chi connectivity index (χ1v) is 7.21. The molecule has 5 heteroatoms. The molecule has 1 amide bonds. The standard InChI is InChI=1S/C16H21NO4/c1-11(2)21-13-6-4-12(5-7-13)17-14(18)10-16(15(19)20)8-3-9-16/h4-7,11H,3,8-10H2,1-2H3,(H,17,18)(H,19,20). The van der Waals surface area contributed by atoms with Crippen LogP contribution in [0.5, 0.6) is 5.75 Å². The number of carbonyl (C=O) groups excluding carboxylic acids is 1. The van der Waals surface area contributed by atoms with Crippen molar-refractivity contribution in [3.63, 3.8) is 0 Å². The lowest BCUT2D eigenvalue weighted by molar-refractivity contribution is -0.157. The van der Waals surface area contributed by atoms with Crippen LogP contribution in [0.2, 0.25) is 0 Å². The molecule has 0 aliphatic heterocycles. The number of hydrogen-bond acceptors (Lipinski definition) is 3. The van der Waals surface area contributed by atoms with E-state index in [-0.39, 0.29) is 18.4 Å². The molecule has 0 aromatic heterocycles. The molecule has 2 rings (SSSR count). The summed E-state index contributed by atoms with van der Waals surface area (Å²) >= 11 is 0. The molecule has 1 aromatic carbocycles. The molecule has 0 unspecified atom stereocenters. The van der Waals surface area contributed by atoms with Crippen LogP contribution in [0.15, 0.2) is 24.3 Å². The van der Waals surface area contributed by atoms with Gasteiger partial charge in [0, 0.05) is 12.1 Å². The zero-order valence-corrected chi connectivity index (χ0v) is 12.4. The smallest absolute Gasteiger partial charge is 0.310 e. The van der Waals surface area contributed by atoms with Crippen molar-refractivity contribution in [1.82, 2.24) is 0 Å². The van der Waals surface area contributed by atoms with Crippen molar-refractivity contribution in [3.8, 4) is 5.75 Å². The maximum atomic E-state index is 12.0. The van der Waals surface area contributed by atoms with E-state index in [9.17, 15) is 14.7 Å². The Kier molecular flexibility index (Phi) is 4.50. The minimum absolute atomic E-state index is 0.0343. The normalized spacial score (nSPS) is 16.1. The number of carboxylic acid groups (broad SMARTS) is 1. The third-order valence-corrected chi connectivity index (χ3v) is 3.77. The van der Waals surface area contributed by atoms with Gasteiger partial charge in [0.25, 0.3) is 0 Å². The molecule has 5 nitrogen and oxygen atoms in total. The number of anilines is 1. The molecule has 1 aliphatic carbocycles. The third kappa shape index (κ3) is 3.74. The molecule has 0 bridgehead atoms. The van der Waals surface area contributed by atoms with Crippen molar-refractivity contribution in [1.29, 1.82) is 0 Å². The molecule has 21 heavy (non-hydrogen) atoms. The molecule has 0 radical (unpaired) electrons. The van der Waals surface area contributed by atoms with Crippen molar-refractivity contribution in [2.24, 2.45) is 5.41 Å². The minimum atomic E-state index is -0.871. The molecule has 1 aliphatic rings. The van der Waals surface area contributed by atoms with E-state index in [0.717, 1.165) is 12.2 Å². The zero-order valence-electron chi connectivity index (χ0n) is 12.4. The van der Waals surface area contributed by atoms with Crippen molar-refractivity contribution in [3.05, 3.63) is 24.3 Å². The predicted molar refractivity (Wildman–Crippen MR) is 79.4 cm³/mol. The summed E-state index contributed by atoms with van der Waals surface area (Å²) in [6.07, 6.45) is 2.17. The van der Waals surface area contributed by atoms with E-state index in [2.05, 4.69) is 5.32 Å². The summed E-state index contributed by atoms with van der Waals surface area (Å²) in [4.78, 5) is 23.2. The number of nitrogens with one attached hydrogen (secondary N) is 1. The summed E-state index contributed by atoms with van der Waals surface area (Å²) in [5.74, 6) is -0.386. The molecule has 1 fully saturated rings. The third-order valence-electron chi connectivity index (χ3n) is 3.77. The van der Waals surface area contributed by atoms with E-state index in [4.69, 9.17) is 4.74 Å². The van der Waals surface area contributed by atoms with E-state index in [0.29, 0.717) is 18.5 Å². The highest BCUT2D eigenvalue weighted by Crippen LogP contribution is 2.44. The first kappa shape index (κ1) is 15.4. The van der Waals surface area contributed by atoms with Gasteiger partial charge in [-0.05, 0) is 51.0 Å². The Morgan fingerprint density at radius 2 is 1.90 bits per heavy atom. The van der Waals surface area contributed by atoms with Crippen LogP contribution in [-0.2, 0) is 9.59 Å². The van der Waals surface area contributed by atoms with E-state index in [1.165, 1.54) is 0 Å². The fourth-order valence-corrected chi connectivity index (χ4v) is 2.47. The van der Waals surface area contributed by atoms with Crippen molar-refractivity contribution >= 4 is 17.6 Å². The van der Waals surface area contributed by atoms with Gasteiger partial charge in [-0.25, -0.2) is 0 Å². The topological polar surface area (TPSA) is 75.6 Å². The first-order chi connectivity index (χ1) is 9.91. The van der Waals surface area contributed by atoms with Gasteiger partial charge in [0.05, 0.1) is 11.5 Å². The summed E-state index contributed by atoms with van der Waals surface area (Å²) in [5, 5.41) is 12.0. The Morgan fingerprint density at radius 3 is 2.33 bits per heavy atom. The Morgan fingerprint density at radius 1 is 1.29 bits per heavy atom. The Hall–Kier alpha value is -2.04. The van der Waals surface area contributed by atoms with E-state index >= 15 is 0 Å². The van der Waals surface area contributed by atoms with E-state index in [1.54, 1.807) is 24.3 Å². The van der Waals surface area contributed by atoms with Gasteiger partial charge >= 0.3 is 5.97 Å². The van der Waals surface area contributed by atoms with Crippen LogP contribution >= 0.6 is 0 Å². The Bertz CT molecular complexity index is 518. The van der Waals surface area contributed by atoms with Gasteiger partial charge in [-0.1, -0.05) is 6.42 Å². The highest BCUT2D eigenvalue weighted by molar-refractivity contribution is 5.94. The van der Waals surface area contributed by atoms with Gasteiger partial charge in [-0.3, -0.25) is 9.59 Å². The average Bonchev–Trinajstić information content (AvgIpc) is 2.35. The summed E-state index contributed by atoms with van der Waals surface area (Å²) in [6, 6.07) is 7.07. The molecule has 0 spiro atoms. The first-order valence-electron chi connectivity index (χ1n) is 7.21. The fourth-order valence-electron chi connectivity index (χ4n) is 2.47. The van der Waals surface area contributed by atoms with Gasteiger partial charge in [-0.2, -0.15) is 0 Å². The maximum absolute atomic E-state index is 12.0. The van der Waals surface area contributed by atoms with Gasteiger partial charge in [-0.15, -0.1) is 0 Å². The van der Waals surface area contributed by atoms with Crippen LogP contribution in [0.3, 0.4) is 0 Å². The minimum Gasteiger partial charge on any atom is -0.491 e. The average molecular weight is 291 g/mol. The van der Waals surface area contributed by atoms with Gasteiger partial charge in [0.1, 0.15) is 5.75 Å². The molecule has 1 aromatic rings. The van der Waals surface area contributed by atoms with Crippen LogP contribution in [-0.4, -0.2) is 23.1 Å². The number of amides is 1. The Balaban J connectivity index is 1.92. The molecule has 2 N–H and O–H groups in total. The second kappa shape index (κ2) is 6.16. The summed E-state index contributed by atoms with van der Waals surface area (Å²) in [5.41, 5.74) is -0.207. The molecule has 0 atom stereocenters.